The van der Waals surface area contributed by atoms with Gasteiger partial charge in [0.1, 0.15) is 17.6 Å². The number of rotatable bonds is 5. The molecular weight excluding hydrogens is 387 g/mol. The van der Waals surface area contributed by atoms with E-state index in [4.69, 9.17) is 14.8 Å². The third kappa shape index (κ3) is 4.57. The highest BCUT2D eigenvalue weighted by Crippen LogP contribution is 2.35. The van der Waals surface area contributed by atoms with Gasteiger partial charge in [0, 0.05) is 30.8 Å². The molecular formula is C22H23FN4O3. The van der Waals surface area contributed by atoms with Crippen molar-refractivity contribution in [3.8, 4) is 11.8 Å². The molecule has 30 heavy (non-hydrogen) atoms. The van der Waals surface area contributed by atoms with Gasteiger partial charge in [0.15, 0.2) is 0 Å². The minimum absolute atomic E-state index is 0.00585. The molecule has 0 N–H and O–H groups in total. The maximum Gasteiger partial charge on any atom is 0.249 e. The van der Waals surface area contributed by atoms with Gasteiger partial charge < -0.3 is 4.74 Å². The summed E-state index contributed by atoms with van der Waals surface area (Å²) in [5.74, 6) is 0.0889. The van der Waals surface area contributed by atoms with Crippen molar-refractivity contribution in [2.45, 2.75) is 38.1 Å². The van der Waals surface area contributed by atoms with Crippen LogP contribution in [0.15, 0.2) is 36.8 Å². The van der Waals surface area contributed by atoms with Crippen molar-refractivity contribution in [3.63, 3.8) is 0 Å². The SMILES string of the molecule is N#Cc1cc(F)cc(OCC2CCC(C(=O)N3OCC[C@H]3c3cnccn3)CC2)c1. The molecule has 0 radical (unpaired) electrons. The van der Waals surface area contributed by atoms with Gasteiger partial charge in [0.2, 0.25) is 5.91 Å². The zero-order valence-corrected chi connectivity index (χ0v) is 16.5. The Morgan fingerprint density at radius 1 is 1.23 bits per heavy atom. The second kappa shape index (κ2) is 9.18. The van der Waals surface area contributed by atoms with Crippen molar-refractivity contribution < 1.29 is 18.8 Å². The van der Waals surface area contributed by atoms with Crippen LogP contribution >= 0.6 is 0 Å². The zero-order chi connectivity index (χ0) is 20.9. The monoisotopic (exact) mass is 410 g/mol. The Balaban J connectivity index is 1.29. The van der Waals surface area contributed by atoms with E-state index in [0.717, 1.165) is 31.4 Å². The van der Waals surface area contributed by atoms with E-state index in [0.29, 0.717) is 25.4 Å². The molecule has 2 heterocycles. The summed E-state index contributed by atoms with van der Waals surface area (Å²) in [5.41, 5.74) is 0.986. The first-order chi connectivity index (χ1) is 14.6. The molecule has 0 spiro atoms. The minimum Gasteiger partial charge on any atom is -0.493 e. The highest BCUT2D eigenvalue weighted by atomic mass is 19.1. The topological polar surface area (TPSA) is 88.3 Å². The quantitative estimate of drug-likeness (QED) is 0.749. The summed E-state index contributed by atoms with van der Waals surface area (Å²) in [7, 11) is 0. The molecule has 1 aromatic heterocycles. The first-order valence-electron chi connectivity index (χ1n) is 10.2. The summed E-state index contributed by atoms with van der Waals surface area (Å²) in [4.78, 5) is 27.1. The molecule has 1 aliphatic heterocycles. The van der Waals surface area contributed by atoms with Crippen molar-refractivity contribution in [3.05, 3.63) is 53.9 Å². The summed E-state index contributed by atoms with van der Waals surface area (Å²) in [6, 6.07) is 5.74. The highest BCUT2D eigenvalue weighted by Gasteiger charge is 2.38. The van der Waals surface area contributed by atoms with Crippen LogP contribution in [0.25, 0.3) is 0 Å². The molecule has 2 aliphatic rings. The number of hydrogen-bond donors (Lipinski definition) is 0. The lowest BCUT2D eigenvalue weighted by molar-refractivity contribution is -0.183. The Kier molecular flexibility index (Phi) is 6.19. The number of nitrogens with zero attached hydrogens (tertiary/aromatic N) is 4. The van der Waals surface area contributed by atoms with Gasteiger partial charge in [-0.15, -0.1) is 0 Å². The smallest absolute Gasteiger partial charge is 0.249 e. The lowest BCUT2D eigenvalue weighted by atomic mass is 9.81. The number of ether oxygens (including phenoxy) is 1. The molecule has 1 amide bonds. The fraction of sp³-hybridized carbons (Fsp3) is 0.455. The predicted molar refractivity (Wildman–Crippen MR) is 104 cm³/mol. The van der Waals surface area contributed by atoms with Gasteiger partial charge in [-0.1, -0.05) is 0 Å². The van der Waals surface area contributed by atoms with Gasteiger partial charge in [-0.25, -0.2) is 9.45 Å². The van der Waals surface area contributed by atoms with Gasteiger partial charge >= 0.3 is 0 Å². The maximum atomic E-state index is 13.5. The number of hydroxylamine groups is 2. The molecule has 1 atom stereocenters. The summed E-state index contributed by atoms with van der Waals surface area (Å²) in [5, 5.41) is 10.4. The van der Waals surface area contributed by atoms with E-state index < -0.39 is 5.82 Å². The van der Waals surface area contributed by atoms with Crippen LogP contribution < -0.4 is 4.74 Å². The normalized spacial score (nSPS) is 23.7. The van der Waals surface area contributed by atoms with Crippen LogP contribution in [0.2, 0.25) is 0 Å². The summed E-state index contributed by atoms with van der Waals surface area (Å²) < 4.78 is 19.2. The standard InChI is InChI=1S/C22H23FN4O3/c23-18-9-16(12-24)10-19(11-18)29-14-15-1-3-17(4-2-15)22(28)27-21(5-8-30-27)20-13-25-6-7-26-20/h6-7,9-11,13,15,17,21H,1-5,8,14H2/t15?,17?,21-/m0/s1. The third-order valence-corrected chi connectivity index (χ3v) is 5.73. The Bertz CT molecular complexity index is 926. The van der Waals surface area contributed by atoms with Crippen LogP contribution in [0, 0.1) is 29.0 Å². The van der Waals surface area contributed by atoms with E-state index >= 15 is 0 Å². The third-order valence-electron chi connectivity index (χ3n) is 5.73. The molecule has 0 unspecified atom stereocenters. The first kappa shape index (κ1) is 20.2. The van der Waals surface area contributed by atoms with Crippen molar-refractivity contribution in [1.82, 2.24) is 15.0 Å². The fourth-order valence-electron chi connectivity index (χ4n) is 4.12. The molecule has 1 aromatic carbocycles. The fourth-order valence-corrected chi connectivity index (χ4v) is 4.12. The van der Waals surface area contributed by atoms with Crippen molar-refractivity contribution in [2.75, 3.05) is 13.2 Å². The van der Waals surface area contributed by atoms with E-state index in [1.54, 1.807) is 18.6 Å². The van der Waals surface area contributed by atoms with Crippen molar-refractivity contribution >= 4 is 5.91 Å². The van der Waals surface area contributed by atoms with Gasteiger partial charge in [-0.3, -0.25) is 19.6 Å². The molecule has 7 nitrogen and oxygen atoms in total. The van der Waals surface area contributed by atoms with E-state index in [-0.39, 0.29) is 29.3 Å². The molecule has 4 rings (SSSR count). The van der Waals surface area contributed by atoms with Crippen molar-refractivity contribution in [1.29, 1.82) is 5.26 Å². The lowest BCUT2D eigenvalue weighted by Gasteiger charge is -2.31. The first-order valence-corrected chi connectivity index (χ1v) is 10.2. The van der Waals surface area contributed by atoms with Crippen LogP contribution in [0.4, 0.5) is 4.39 Å². The van der Waals surface area contributed by atoms with Crippen LogP contribution in [-0.2, 0) is 9.63 Å². The molecule has 1 aliphatic carbocycles. The Morgan fingerprint density at radius 3 is 2.80 bits per heavy atom. The second-order valence-electron chi connectivity index (χ2n) is 7.75. The average Bonchev–Trinajstić information content (AvgIpc) is 3.28. The average molecular weight is 410 g/mol. The number of carbonyl (C=O) groups is 1. The van der Waals surface area contributed by atoms with Crippen molar-refractivity contribution in [2.24, 2.45) is 11.8 Å². The van der Waals surface area contributed by atoms with Crippen LogP contribution in [-0.4, -0.2) is 34.2 Å². The highest BCUT2D eigenvalue weighted by molar-refractivity contribution is 5.78. The number of benzene rings is 1. The Morgan fingerprint density at radius 2 is 2.07 bits per heavy atom. The van der Waals surface area contributed by atoms with E-state index in [9.17, 15) is 9.18 Å². The number of aromatic nitrogens is 2. The van der Waals surface area contributed by atoms with E-state index in [1.807, 2.05) is 6.07 Å². The molecule has 0 bridgehead atoms. The van der Waals surface area contributed by atoms with E-state index in [2.05, 4.69) is 9.97 Å². The number of carbonyl (C=O) groups excluding carboxylic acids is 1. The number of nitriles is 1. The largest absolute Gasteiger partial charge is 0.493 e. The minimum atomic E-state index is -0.485. The lowest BCUT2D eigenvalue weighted by Crippen LogP contribution is -2.37. The van der Waals surface area contributed by atoms with Gasteiger partial charge in [-0.2, -0.15) is 5.26 Å². The summed E-state index contributed by atoms with van der Waals surface area (Å²) in [6.07, 6.45) is 8.84. The molecule has 1 saturated heterocycles. The van der Waals surface area contributed by atoms with Crippen LogP contribution in [0.5, 0.6) is 5.75 Å². The summed E-state index contributed by atoms with van der Waals surface area (Å²) in [6.45, 7) is 0.937. The van der Waals surface area contributed by atoms with Crippen LogP contribution in [0.1, 0.15) is 49.4 Å². The summed E-state index contributed by atoms with van der Waals surface area (Å²) >= 11 is 0. The Hall–Kier alpha value is -3.05. The number of amides is 1. The predicted octanol–water partition coefficient (Wildman–Crippen LogP) is 3.58. The number of halogens is 1. The second-order valence-corrected chi connectivity index (χ2v) is 7.75. The molecule has 1 saturated carbocycles. The maximum absolute atomic E-state index is 13.5. The van der Waals surface area contributed by atoms with Gasteiger partial charge in [0.05, 0.1) is 36.7 Å². The van der Waals surface area contributed by atoms with Gasteiger partial charge in [-0.05, 0) is 43.7 Å². The zero-order valence-electron chi connectivity index (χ0n) is 16.5. The van der Waals surface area contributed by atoms with Gasteiger partial charge in [0.25, 0.3) is 0 Å². The van der Waals surface area contributed by atoms with E-state index in [1.165, 1.54) is 23.3 Å². The van der Waals surface area contributed by atoms with Crippen LogP contribution in [0.3, 0.4) is 0 Å². The number of hydrogen-bond acceptors (Lipinski definition) is 6. The molecule has 2 aromatic rings. The Labute approximate surface area is 174 Å². The molecule has 156 valence electrons. The molecule has 2 fully saturated rings. The molecule has 8 heteroatoms.